The SMILES string of the molecule is O=C(/C=C\c1ccc2c(c1)OCO2)N1CCCC(Cc2nc(-c3cnccn3)no2)C1. The molecule has 0 saturated carbocycles. The van der Waals surface area contributed by atoms with Crippen molar-refractivity contribution >= 4 is 12.0 Å². The van der Waals surface area contributed by atoms with Crippen LogP contribution in [0.3, 0.4) is 0 Å². The summed E-state index contributed by atoms with van der Waals surface area (Å²) in [5.74, 6) is 2.67. The molecule has 9 nitrogen and oxygen atoms in total. The third-order valence-electron chi connectivity index (χ3n) is 5.37. The zero-order valence-corrected chi connectivity index (χ0v) is 16.8. The Morgan fingerprint density at radius 3 is 3.06 bits per heavy atom. The van der Waals surface area contributed by atoms with Crippen LogP contribution in [0.25, 0.3) is 17.6 Å². The van der Waals surface area contributed by atoms with Crippen molar-refractivity contribution in [2.24, 2.45) is 5.92 Å². The van der Waals surface area contributed by atoms with Crippen LogP contribution in [-0.2, 0) is 11.2 Å². The Bertz CT molecular complexity index is 1100. The predicted molar refractivity (Wildman–Crippen MR) is 110 cm³/mol. The van der Waals surface area contributed by atoms with Gasteiger partial charge in [-0.05, 0) is 42.5 Å². The van der Waals surface area contributed by atoms with Gasteiger partial charge in [0.15, 0.2) is 11.5 Å². The molecule has 2 aromatic heterocycles. The smallest absolute Gasteiger partial charge is 0.246 e. The minimum absolute atomic E-state index is 0.00635. The maximum atomic E-state index is 12.7. The molecular weight excluding hydrogens is 398 g/mol. The summed E-state index contributed by atoms with van der Waals surface area (Å²) in [6.07, 6.45) is 10.8. The van der Waals surface area contributed by atoms with Gasteiger partial charge in [0.2, 0.25) is 24.4 Å². The maximum absolute atomic E-state index is 12.7. The van der Waals surface area contributed by atoms with Crippen molar-refractivity contribution in [1.82, 2.24) is 25.0 Å². The number of hydrogen-bond acceptors (Lipinski definition) is 8. The molecule has 2 aliphatic rings. The average Bonchev–Trinajstić information content (AvgIpc) is 3.47. The number of aromatic nitrogens is 4. The molecule has 1 amide bonds. The van der Waals surface area contributed by atoms with Crippen molar-refractivity contribution in [1.29, 1.82) is 0 Å². The quantitative estimate of drug-likeness (QED) is 0.582. The molecule has 158 valence electrons. The van der Waals surface area contributed by atoms with Crippen LogP contribution in [0.1, 0.15) is 24.3 Å². The van der Waals surface area contributed by atoms with E-state index in [0.29, 0.717) is 36.1 Å². The standard InChI is InChI=1S/C22H21N5O4/c28-21(6-4-15-3-5-18-19(10-15)30-14-29-18)27-9-1-2-16(13-27)11-20-25-22(26-31-20)17-12-23-7-8-24-17/h3-8,10,12,16H,1-2,9,11,13-14H2/b6-4-. The second-order valence-electron chi connectivity index (χ2n) is 7.55. The fourth-order valence-electron chi connectivity index (χ4n) is 3.82. The zero-order chi connectivity index (χ0) is 21.0. The van der Waals surface area contributed by atoms with Crippen LogP contribution in [0, 0.1) is 5.92 Å². The number of hydrogen-bond donors (Lipinski definition) is 0. The van der Waals surface area contributed by atoms with Crippen LogP contribution in [0.2, 0.25) is 0 Å². The number of ether oxygens (including phenoxy) is 2. The molecule has 1 unspecified atom stereocenters. The number of carbonyl (C=O) groups is 1. The van der Waals surface area contributed by atoms with E-state index in [4.69, 9.17) is 14.0 Å². The van der Waals surface area contributed by atoms with Crippen LogP contribution in [0.5, 0.6) is 11.5 Å². The van der Waals surface area contributed by atoms with E-state index in [1.54, 1.807) is 30.7 Å². The van der Waals surface area contributed by atoms with Gasteiger partial charge in [-0.3, -0.25) is 9.78 Å². The molecule has 0 spiro atoms. The highest BCUT2D eigenvalue weighted by molar-refractivity contribution is 5.92. The number of benzene rings is 1. The average molecular weight is 419 g/mol. The predicted octanol–water partition coefficient (Wildman–Crippen LogP) is 2.75. The van der Waals surface area contributed by atoms with Gasteiger partial charge in [-0.2, -0.15) is 4.98 Å². The normalized spacial score (nSPS) is 17.9. The third kappa shape index (κ3) is 4.40. The van der Waals surface area contributed by atoms with Crippen molar-refractivity contribution in [2.75, 3.05) is 19.9 Å². The maximum Gasteiger partial charge on any atom is 0.246 e. The summed E-state index contributed by atoms with van der Waals surface area (Å²) in [7, 11) is 0. The van der Waals surface area contributed by atoms with Gasteiger partial charge in [0.25, 0.3) is 0 Å². The Hall–Kier alpha value is -3.75. The molecule has 1 fully saturated rings. The van der Waals surface area contributed by atoms with Crippen molar-refractivity contribution in [3.05, 3.63) is 54.3 Å². The van der Waals surface area contributed by atoms with E-state index < -0.39 is 0 Å². The lowest BCUT2D eigenvalue weighted by Crippen LogP contribution is -2.39. The summed E-state index contributed by atoms with van der Waals surface area (Å²) < 4.78 is 16.1. The molecule has 0 aliphatic carbocycles. The number of fused-ring (bicyclic) bond motifs is 1. The summed E-state index contributed by atoms with van der Waals surface area (Å²) in [5, 5.41) is 3.99. The highest BCUT2D eigenvalue weighted by Crippen LogP contribution is 2.32. The van der Waals surface area contributed by atoms with Crippen LogP contribution >= 0.6 is 0 Å². The molecule has 2 aliphatic heterocycles. The van der Waals surface area contributed by atoms with Crippen LogP contribution in [0.15, 0.2) is 47.4 Å². The Balaban J connectivity index is 1.19. The Kier molecular flexibility index (Phi) is 5.30. The van der Waals surface area contributed by atoms with Gasteiger partial charge in [0.1, 0.15) is 5.69 Å². The molecule has 5 rings (SSSR count). The van der Waals surface area contributed by atoms with Gasteiger partial charge in [0, 0.05) is 38.0 Å². The molecule has 0 radical (unpaired) electrons. The highest BCUT2D eigenvalue weighted by Gasteiger charge is 2.25. The summed E-state index contributed by atoms with van der Waals surface area (Å²) in [4.78, 5) is 27.2. The zero-order valence-electron chi connectivity index (χ0n) is 16.8. The Morgan fingerprint density at radius 1 is 1.23 bits per heavy atom. The van der Waals surface area contributed by atoms with Crippen molar-refractivity contribution in [3.63, 3.8) is 0 Å². The van der Waals surface area contributed by atoms with Crippen LogP contribution in [-0.4, -0.2) is 50.8 Å². The monoisotopic (exact) mass is 419 g/mol. The summed E-state index contributed by atoms with van der Waals surface area (Å²) in [5.41, 5.74) is 1.47. The molecule has 1 atom stereocenters. The molecule has 4 heterocycles. The minimum Gasteiger partial charge on any atom is -0.454 e. The van der Waals surface area contributed by atoms with Crippen LogP contribution in [0.4, 0.5) is 0 Å². The first-order valence-corrected chi connectivity index (χ1v) is 10.2. The van der Waals surface area contributed by atoms with Gasteiger partial charge in [-0.1, -0.05) is 11.2 Å². The van der Waals surface area contributed by atoms with Gasteiger partial charge in [-0.25, -0.2) is 4.98 Å². The highest BCUT2D eigenvalue weighted by atomic mass is 16.7. The number of amides is 1. The summed E-state index contributed by atoms with van der Waals surface area (Å²) in [6, 6.07) is 5.62. The number of nitrogens with zero attached hydrogens (tertiary/aromatic N) is 5. The van der Waals surface area contributed by atoms with E-state index in [1.807, 2.05) is 23.1 Å². The van der Waals surface area contributed by atoms with Crippen molar-refractivity contribution < 1.29 is 18.8 Å². The lowest BCUT2D eigenvalue weighted by atomic mass is 9.94. The lowest BCUT2D eigenvalue weighted by Gasteiger charge is -2.31. The van der Waals surface area contributed by atoms with E-state index in [2.05, 4.69) is 20.1 Å². The fraction of sp³-hybridized carbons (Fsp3) is 0.318. The first-order chi connectivity index (χ1) is 15.2. The van der Waals surface area contributed by atoms with Crippen molar-refractivity contribution in [2.45, 2.75) is 19.3 Å². The second kappa shape index (κ2) is 8.55. The second-order valence-corrected chi connectivity index (χ2v) is 7.55. The molecule has 9 heteroatoms. The molecule has 0 bridgehead atoms. The summed E-state index contributed by atoms with van der Waals surface area (Å²) >= 11 is 0. The van der Waals surface area contributed by atoms with Gasteiger partial charge in [0.05, 0.1) is 6.20 Å². The number of rotatable bonds is 5. The summed E-state index contributed by atoms with van der Waals surface area (Å²) in [6.45, 7) is 1.64. The molecule has 3 aromatic rings. The molecule has 1 saturated heterocycles. The molecule has 31 heavy (non-hydrogen) atoms. The Morgan fingerprint density at radius 2 is 2.16 bits per heavy atom. The first-order valence-electron chi connectivity index (χ1n) is 10.2. The number of carbonyl (C=O) groups excluding carboxylic acids is 1. The van der Waals surface area contributed by atoms with E-state index in [1.165, 1.54) is 0 Å². The Labute approximate surface area is 178 Å². The number of piperidine rings is 1. The van der Waals surface area contributed by atoms with Gasteiger partial charge >= 0.3 is 0 Å². The van der Waals surface area contributed by atoms with Crippen LogP contribution < -0.4 is 9.47 Å². The van der Waals surface area contributed by atoms with E-state index in [9.17, 15) is 4.79 Å². The fourth-order valence-corrected chi connectivity index (χ4v) is 3.82. The van der Waals surface area contributed by atoms with E-state index in [0.717, 1.165) is 30.7 Å². The third-order valence-corrected chi connectivity index (χ3v) is 5.37. The topological polar surface area (TPSA) is 103 Å². The first kappa shape index (κ1) is 19.2. The lowest BCUT2D eigenvalue weighted by molar-refractivity contribution is -0.127. The molecular formula is C22H21N5O4. The number of likely N-dealkylation sites (tertiary alicyclic amines) is 1. The molecule has 0 N–H and O–H groups in total. The van der Waals surface area contributed by atoms with Crippen molar-refractivity contribution in [3.8, 4) is 23.0 Å². The largest absolute Gasteiger partial charge is 0.454 e. The minimum atomic E-state index is -0.00635. The molecule has 1 aromatic carbocycles. The van der Waals surface area contributed by atoms with E-state index in [-0.39, 0.29) is 18.6 Å². The van der Waals surface area contributed by atoms with E-state index >= 15 is 0 Å². The van der Waals surface area contributed by atoms with Gasteiger partial charge < -0.3 is 18.9 Å². The van der Waals surface area contributed by atoms with Gasteiger partial charge in [-0.15, -0.1) is 0 Å².